The van der Waals surface area contributed by atoms with E-state index in [0.717, 1.165) is 6.42 Å². The molecule has 0 N–H and O–H groups in total. The minimum absolute atomic E-state index is 0.364. The Balaban J connectivity index is 4.13. The Morgan fingerprint density at radius 1 is 1.25 bits per heavy atom. The summed E-state index contributed by atoms with van der Waals surface area (Å²) in [6, 6.07) is 0. The van der Waals surface area contributed by atoms with Crippen LogP contribution >= 0.6 is 0 Å². The van der Waals surface area contributed by atoms with Crippen LogP contribution in [0.1, 0.15) is 27.2 Å². The molecule has 0 amide bonds. The quantitative estimate of drug-likeness (QED) is 0.603. The molecule has 0 rings (SSSR count). The molecule has 74 valence electrons. The summed E-state index contributed by atoms with van der Waals surface area (Å²) < 4.78 is 36.0. The van der Waals surface area contributed by atoms with E-state index in [2.05, 4.69) is 0 Å². The molecule has 5 heteroatoms. The van der Waals surface area contributed by atoms with Crippen LogP contribution in [0.5, 0.6) is 0 Å². The zero-order valence-corrected chi connectivity index (χ0v) is 8.07. The van der Waals surface area contributed by atoms with Gasteiger partial charge in [-0.3, -0.25) is 0 Å². The maximum Gasteiger partial charge on any atom is 0.492 e. The summed E-state index contributed by atoms with van der Waals surface area (Å²) in [4.78, 5) is 1.35. The second kappa shape index (κ2) is 3.68. The fourth-order valence-electron chi connectivity index (χ4n) is 0.828. The molecule has 0 atom stereocenters. The fourth-order valence-corrected chi connectivity index (χ4v) is 0.828. The van der Waals surface area contributed by atoms with Crippen molar-refractivity contribution in [2.75, 3.05) is 13.5 Å². The van der Waals surface area contributed by atoms with E-state index in [1.807, 2.05) is 20.8 Å². The second-order valence-corrected chi connectivity index (χ2v) is 3.76. The lowest BCUT2D eigenvalue weighted by molar-refractivity contribution is 0.161. The maximum absolute atomic E-state index is 12.0. The van der Waals surface area contributed by atoms with Gasteiger partial charge in [-0.1, -0.05) is 6.92 Å². The minimum atomic E-state index is -4.69. The highest BCUT2D eigenvalue weighted by molar-refractivity contribution is 6.58. The van der Waals surface area contributed by atoms with Gasteiger partial charge in [0.1, 0.15) is 0 Å². The number of rotatable bonds is 4. The largest absolute Gasteiger partial charge is 0.492 e. The van der Waals surface area contributed by atoms with E-state index in [4.69, 9.17) is 0 Å². The van der Waals surface area contributed by atoms with Gasteiger partial charge in [-0.2, -0.15) is 0 Å². The molecule has 0 saturated carbocycles. The normalized spacial score (nSPS) is 14.0. The Hall–Kier alpha value is -0.185. The predicted octanol–water partition coefficient (Wildman–Crippen LogP) is 2.49. The summed E-state index contributed by atoms with van der Waals surface area (Å²) in [6.45, 7) is 0.825. The van der Waals surface area contributed by atoms with Crippen molar-refractivity contribution in [3.8, 4) is 0 Å². The zero-order chi connectivity index (χ0) is 9.99. The van der Waals surface area contributed by atoms with Crippen LogP contribution in [0.3, 0.4) is 0 Å². The first-order valence-electron chi connectivity index (χ1n) is 4.11. The van der Waals surface area contributed by atoms with Crippen molar-refractivity contribution in [1.82, 2.24) is 4.90 Å². The van der Waals surface area contributed by atoms with Gasteiger partial charge in [0, 0.05) is 5.54 Å². The highest BCUT2D eigenvalue weighted by Crippen LogP contribution is 2.20. The van der Waals surface area contributed by atoms with Gasteiger partial charge in [-0.25, -0.2) is 0 Å². The Kier molecular flexibility index (Phi) is 3.63. The van der Waals surface area contributed by atoms with Crippen LogP contribution in [0.25, 0.3) is 0 Å². The van der Waals surface area contributed by atoms with Crippen molar-refractivity contribution < 1.29 is 12.9 Å². The molecule has 0 spiro atoms. The summed E-state index contributed by atoms with van der Waals surface area (Å²) in [5, 5.41) is 0. The van der Waals surface area contributed by atoms with E-state index in [1.54, 1.807) is 0 Å². The summed E-state index contributed by atoms with van der Waals surface area (Å²) in [7, 11) is 1.51. The summed E-state index contributed by atoms with van der Waals surface area (Å²) in [6.07, 6.45) is -0.0590. The molecule has 0 heterocycles. The monoisotopic (exact) mass is 182 g/mol. The molecule has 12 heavy (non-hydrogen) atoms. The van der Waals surface area contributed by atoms with Gasteiger partial charge >= 0.3 is 6.98 Å². The van der Waals surface area contributed by atoms with Crippen molar-refractivity contribution in [2.45, 2.75) is 32.7 Å². The van der Waals surface area contributed by atoms with Crippen LogP contribution in [-0.4, -0.2) is 30.9 Å². The third-order valence-corrected chi connectivity index (χ3v) is 2.38. The van der Waals surface area contributed by atoms with E-state index < -0.39 is 13.4 Å². The molecule has 0 aliphatic rings. The Morgan fingerprint density at radius 2 is 1.67 bits per heavy atom. The molecule has 0 aromatic heterocycles. The summed E-state index contributed by atoms with van der Waals surface area (Å²) in [5.41, 5.74) is -0.364. The SMILES string of the molecule is CCC(C)(C)N(C)C[B-](F)(F)F. The van der Waals surface area contributed by atoms with E-state index in [9.17, 15) is 12.9 Å². The molecule has 0 fully saturated rings. The van der Waals surface area contributed by atoms with Gasteiger partial charge in [-0.15, -0.1) is 0 Å². The van der Waals surface area contributed by atoms with Crippen LogP contribution < -0.4 is 0 Å². The number of hydrogen-bond acceptors (Lipinski definition) is 1. The van der Waals surface area contributed by atoms with Crippen LogP contribution in [0, 0.1) is 0 Å². The molecule has 0 aromatic rings. The first-order valence-corrected chi connectivity index (χ1v) is 4.11. The molecule has 0 bridgehead atoms. The summed E-state index contributed by atoms with van der Waals surface area (Å²) in [5.74, 6) is 0. The predicted molar refractivity (Wildman–Crippen MR) is 46.1 cm³/mol. The highest BCUT2D eigenvalue weighted by atomic mass is 19.4. The smallest absolute Gasteiger partial charge is 0.448 e. The summed E-state index contributed by atoms with van der Waals surface area (Å²) >= 11 is 0. The van der Waals surface area contributed by atoms with Gasteiger partial charge in [-0.05, 0) is 33.8 Å². The van der Waals surface area contributed by atoms with Crippen molar-refractivity contribution in [2.24, 2.45) is 0 Å². The number of hydrogen-bond donors (Lipinski definition) is 0. The number of halogens is 3. The van der Waals surface area contributed by atoms with Crippen LogP contribution in [0.15, 0.2) is 0 Å². The Bertz CT molecular complexity index is 144. The second-order valence-electron chi connectivity index (χ2n) is 3.76. The fraction of sp³-hybridized carbons (Fsp3) is 1.00. The van der Waals surface area contributed by atoms with Crippen LogP contribution in [0.2, 0.25) is 0 Å². The Labute approximate surface area is 72.0 Å². The van der Waals surface area contributed by atoms with Crippen LogP contribution in [-0.2, 0) is 0 Å². The van der Waals surface area contributed by atoms with E-state index >= 15 is 0 Å². The van der Waals surface area contributed by atoms with Gasteiger partial charge in [0.05, 0.1) is 0 Å². The van der Waals surface area contributed by atoms with Crippen LogP contribution in [0.4, 0.5) is 12.9 Å². The molecular formula is C7H16BF3N-. The average molecular weight is 182 g/mol. The standard InChI is InChI=1S/C7H16BF3N/c1-5-7(2,3)12(4)6-8(9,10)11/h5-6H2,1-4H3/q-1. The average Bonchev–Trinajstić information content (AvgIpc) is 1.84. The third-order valence-electron chi connectivity index (χ3n) is 2.38. The minimum Gasteiger partial charge on any atom is -0.448 e. The molecule has 1 nitrogen and oxygen atoms in total. The number of nitrogens with zero attached hydrogens (tertiary/aromatic N) is 1. The topological polar surface area (TPSA) is 3.24 Å². The van der Waals surface area contributed by atoms with Gasteiger partial charge in [0.25, 0.3) is 0 Å². The Morgan fingerprint density at radius 3 is 1.92 bits per heavy atom. The first kappa shape index (κ1) is 11.8. The molecule has 0 unspecified atom stereocenters. The molecular weight excluding hydrogens is 166 g/mol. The highest BCUT2D eigenvalue weighted by Gasteiger charge is 2.30. The lowest BCUT2D eigenvalue weighted by Crippen LogP contribution is -2.47. The first-order chi connectivity index (χ1) is 5.19. The van der Waals surface area contributed by atoms with Crippen molar-refractivity contribution in [1.29, 1.82) is 0 Å². The van der Waals surface area contributed by atoms with E-state index in [-0.39, 0.29) is 5.54 Å². The lowest BCUT2D eigenvalue weighted by atomic mass is 9.87. The molecule has 0 radical (unpaired) electrons. The molecule has 0 saturated heterocycles. The zero-order valence-electron chi connectivity index (χ0n) is 8.07. The molecule has 0 aliphatic heterocycles. The molecule has 0 aliphatic carbocycles. The van der Waals surface area contributed by atoms with Gasteiger partial charge < -0.3 is 17.8 Å². The van der Waals surface area contributed by atoms with E-state index in [0.29, 0.717) is 0 Å². The van der Waals surface area contributed by atoms with E-state index in [1.165, 1.54) is 11.9 Å². The lowest BCUT2D eigenvalue weighted by Gasteiger charge is -2.38. The van der Waals surface area contributed by atoms with Crippen molar-refractivity contribution >= 4 is 6.98 Å². The van der Waals surface area contributed by atoms with Gasteiger partial charge in [0.2, 0.25) is 0 Å². The molecule has 0 aromatic carbocycles. The van der Waals surface area contributed by atoms with Crippen molar-refractivity contribution in [3.63, 3.8) is 0 Å². The maximum atomic E-state index is 12.0. The third kappa shape index (κ3) is 4.00. The van der Waals surface area contributed by atoms with Crippen molar-refractivity contribution in [3.05, 3.63) is 0 Å². The van der Waals surface area contributed by atoms with Gasteiger partial charge in [0.15, 0.2) is 0 Å².